The lowest BCUT2D eigenvalue weighted by Crippen LogP contribution is -2.39. The quantitative estimate of drug-likeness (QED) is 0.814. The average Bonchev–Trinajstić information content (AvgIpc) is 3.08. The Morgan fingerprint density at radius 2 is 2.05 bits per heavy atom. The molecule has 1 aliphatic rings. The van der Waals surface area contributed by atoms with Gasteiger partial charge in [0.2, 0.25) is 10.0 Å². The van der Waals surface area contributed by atoms with E-state index in [-0.39, 0.29) is 11.8 Å². The molecule has 2 rings (SSSR count). The maximum Gasteiger partial charge on any atom is 0.218 e. The van der Waals surface area contributed by atoms with Crippen molar-refractivity contribution < 1.29 is 8.42 Å². The zero-order valence-electron chi connectivity index (χ0n) is 11.5. The van der Waals surface area contributed by atoms with E-state index in [4.69, 9.17) is 5.73 Å². The topological polar surface area (TPSA) is 63.4 Å². The van der Waals surface area contributed by atoms with Gasteiger partial charge in [-0.1, -0.05) is 12.1 Å². The highest BCUT2D eigenvalue weighted by Crippen LogP contribution is 2.31. The molecule has 0 heterocycles. The summed E-state index contributed by atoms with van der Waals surface area (Å²) in [4.78, 5) is 0. The van der Waals surface area contributed by atoms with Gasteiger partial charge in [0.1, 0.15) is 0 Å². The molecule has 0 atom stereocenters. The highest BCUT2D eigenvalue weighted by molar-refractivity contribution is 7.88. The fourth-order valence-corrected chi connectivity index (χ4v) is 4.02. The van der Waals surface area contributed by atoms with Crippen LogP contribution in [0.25, 0.3) is 0 Å². The molecule has 2 N–H and O–H groups in total. The van der Waals surface area contributed by atoms with Crippen molar-refractivity contribution in [1.82, 2.24) is 4.31 Å². The van der Waals surface area contributed by atoms with Gasteiger partial charge in [0.05, 0.1) is 5.75 Å². The van der Waals surface area contributed by atoms with Crippen LogP contribution >= 0.6 is 0 Å². The third kappa shape index (κ3) is 3.94. The van der Waals surface area contributed by atoms with Crippen molar-refractivity contribution in [1.29, 1.82) is 0 Å². The van der Waals surface area contributed by atoms with E-state index >= 15 is 0 Å². The third-order valence-electron chi connectivity index (χ3n) is 3.37. The molecule has 0 saturated heterocycles. The lowest BCUT2D eigenvalue weighted by atomic mass is 10.2. The molecule has 1 aromatic rings. The molecular formula is C14H22N2O2S. The minimum absolute atomic E-state index is 0.00617. The molecule has 5 heteroatoms. The molecule has 0 amide bonds. The molecule has 0 unspecified atom stereocenters. The largest absolute Gasteiger partial charge is 0.399 e. The van der Waals surface area contributed by atoms with Crippen molar-refractivity contribution in [3.05, 3.63) is 29.8 Å². The average molecular weight is 282 g/mol. The fourth-order valence-electron chi connectivity index (χ4n) is 2.18. The van der Waals surface area contributed by atoms with Gasteiger partial charge in [0, 0.05) is 18.3 Å². The minimum atomic E-state index is -3.27. The molecule has 0 radical (unpaired) electrons. The van der Waals surface area contributed by atoms with Crippen LogP contribution in [-0.2, 0) is 15.8 Å². The van der Waals surface area contributed by atoms with Crippen molar-refractivity contribution in [3.63, 3.8) is 0 Å². The second-order valence-corrected chi connectivity index (χ2v) is 7.53. The maximum atomic E-state index is 12.5. The van der Waals surface area contributed by atoms with Crippen molar-refractivity contribution >= 4 is 15.7 Å². The summed E-state index contributed by atoms with van der Waals surface area (Å²) in [5.41, 5.74) is 7.05. The van der Waals surface area contributed by atoms with E-state index in [1.165, 1.54) is 0 Å². The number of nitrogens with two attached hydrogens (primary N) is 1. The molecule has 4 nitrogen and oxygen atoms in total. The van der Waals surface area contributed by atoms with Gasteiger partial charge >= 0.3 is 0 Å². The number of rotatable bonds is 6. The number of nitrogen functional groups attached to an aromatic ring is 1. The summed E-state index contributed by atoms with van der Waals surface area (Å²) in [6.45, 7) is 4.51. The Kier molecular flexibility index (Phi) is 4.16. The second-order valence-electron chi connectivity index (χ2n) is 5.61. The van der Waals surface area contributed by atoms with Crippen LogP contribution in [-0.4, -0.2) is 25.3 Å². The molecule has 1 aliphatic carbocycles. The standard InChI is InChI=1S/C14H22N2O2S/c1-11(2)16(9-12-6-7-12)19(17,18)10-13-4-3-5-14(15)8-13/h3-5,8,11-12H,6-7,9-10,15H2,1-2H3. The Bertz CT molecular complexity index is 536. The third-order valence-corrected chi connectivity index (χ3v) is 5.35. The first-order chi connectivity index (χ1) is 8.88. The molecule has 0 aliphatic heterocycles. The van der Waals surface area contributed by atoms with Gasteiger partial charge < -0.3 is 5.73 Å². The predicted molar refractivity (Wildman–Crippen MR) is 78.0 cm³/mol. The van der Waals surface area contributed by atoms with E-state index in [1.807, 2.05) is 19.9 Å². The van der Waals surface area contributed by atoms with Gasteiger partial charge in [-0.3, -0.25) is 0 Å². The summed E-state index contributed by atoms with van der Waals surface area (Å²) in [5.74, 6) is 0.584. The van der Waals surface area contributed by atoms with Crippen LogP contribution in [0.4, 0.5) is 5.69 Å². The molecule has 19 heavy (non-hydrogen) atoms. The summed E-state index contributed by atoms with van der Waals surface area (Å²) in [7, 11) is -3.27. The first kappa shape index (κ1) is 14.3. The number of benzene rings is 1. The van der Waals surface area contributed by atoms with Crippen LogP contribution in [0.15, 0.2) is 24.3 Å². The number of anilines is 1. The molecule has 0 bridgehead atoms. The minimum Gasteiger partial charge on any atom is -0.399 e. The van der Waals surface area contributed by atoms with Gasteiger partial charge in [-0.15, -0.1) is 0 Å². The molecule has 1 aromatic carbocycles. The first-order valence-electron chi connectivity index (χ1n) is 6.72. The van der Waals surface area contributed by atoms with Crippen LogP contribution in [0.3, 0.4) is 0 Å². The molecule has 1 saturated carbocycles. The van der Waals surface area contributed by atoms with Crippen LogP contribution in [0.2, 0.25) is 0 Å². The Morgan fingerprint density at radius 3 is 2.58 bits per heavy atom. The monoisotopic (exact) mass is 282 g/mol. The fraction of sp³-hybridized carbons (Fsp3) is 0.571. The van der Waals surface area contributed by atoms with Crippen molar-refractivity contribution in [2.45, 2.75) is 38.5 Å². The predicted octanol–water partition coefficient (Wildman–Crippen LogP) is 2.22. The van der Waals surface area contributed by atoms with E-state index < -0.39 is 10.0 Å². The first-order valence-corrected chi connectivity index (χ1v) is 8.33. The van der Waals surface area contributed by atoms with Crippen molar-refractivity contribution in [2.24, 2.45) is 5.92 Å². The highest BCUT2D eigenvalue weighted by atomic mass is 32.2. The van der Waals surface area contributed by atoms with Crippen LogP contribution < -0.4 is 5.73 Å². The summed E-state index contributed by atoms with van der Waals surface area (Å²) >= 11 is 0. The lowest BCUT2D eigenvalue weighted by molar-refractivity contribution is 0.341. The van der Waals surface area contributed by atoms with Crippen molar-refractivity contribution in [2.75, 3.05) is 12.3 Å². The molecule has 106 valence electrons. The maximum absolute atomic E-state index is 12.5. The van der Waals surface area contributed by atoms with Gasteiger partial charge in [-0.25, -0.2) is 8.42 Å². The SMILES string of the molecule is CC(C)N(CC1CC1)S(=O)(=O)Cc1cccc(N)c1. The smallest absolute Gasteiger partial charge is 0.218 e. The molecular weight excluding hydrogens is 260 g/mol. The van der Waals surface area contributed by atoms with E-state index in [0.717, 1.165) is 18.4 Å². The summed E-state index contributed by atoms with van der Waals surface area (Å²) in [6.07, 6.45) is 2.30. The van der Waals surface area contributed by atoms with Gasteiger partial charge in [-0.2, -0.15) is 4.31 Å². The van der Waals surface area contributed by atoms with Crippen LogP contribution in [0.1, 0.15) is 32.3 Å². The Balaban J connectivity index is 2.14. The molecule has 0 aromatic heterocycles. The zero-order chi connectivity index (χ0) is 14.0. The van der Waals surface area contributed by atoms with Crippen LogP contribution in [0.5, 0.6) is 0 Å². The Labute approximate surface area is 115 Å². The molecule has 0 spiro atoms. The van der Waals surface area contributed by atoms with E-state index in [2.05, 4.69) is 0 Å². The summed E-state index contributed by atoms with van der Waals surface area (Å²) < 4.78 is 26.6. The second kappa shape index (κ2) is 5.51. The van der Waals surface area contributed by atoms with Gasteiger partial charge in [0.15, 0.2) is 0 Å². The van der Waals surface area contributed by atoms with E-state index in [0.29, 0.717) is 18.2 Å². The lowest BCUT2D eigenvalue weighted by Gasteiger charge is -2.26. The molecule has 1 fully saturated rings. The Morgan fingerprint density at radius 1 is 1.37 bits per heavy atom. The number of hydrogen-bond donors (Lipinski definition) is 1. The van der Waals surface area contributed by atoms with Crippen LogP contribution in [0, 0.1) is 5.92 Å². The number of hydrogen-bond acceptors (Lipinski definition) is 3. The number of sulfonamides is 1. The highest BCUT2D eigenvalue weighted by Gasteiger charge is 2.32. The summed E-state index contributed by atoms with van der Waals surface area (Å²) in [6, 6.07) is 7.10. The van der Waals surface area contributed by atoms with Gasteiger partial charge in [-0.05, 0) is 50.3 Å². The summed E-state index contributed by atoms with van der Waals surface area (Å²) in [5, 5.41) is 0. The number of nitrogens with zero attached hydrogens (tertiary/aromatic N) is 1. The van der Waals surface area contributed by atoms with E-state index in [9.17, 15) is 8.42 Å². The zero-order valence-corrected chi connectivity index (χ0v) is 12.4. The van der Waals surface area contributed by atoms with Crippen molar-refractivity contribution in [3.8, 4) is 0 Å². The van der Waals surface area contributed by atoms with Gasteiger partial charge in [0.25, 0.3) is 0 Å². The normalized spacial score (nSPS) is 16.2. The Hall–Kier alpha value is -1.07. The van der Waals surface area contributed by atoms with E-state index in [1.54, 1.807) is 22.5 Å².